The summed E-state index contributed by atoms with van der Waals surface area (Å²) in [5, 5.41) is 1.14. The summed E-state index contributed by atoms with van der Waals surface area (Å²) >= 11 is 0. The molecule has 0 saturated heterocycles. The van der Waals surface area contributed by atoms with Gasteiger partial charge < -0.3 is 4.98 Å². The topological polar surface area (TPSA) is 53.9 Å². The maximum atomic E-state index is 4.95. The quantitative estimate of drug-likeness (QED) is 0.319. The number of nitrogens with zero attached hydrogens (tertiary/aromatic N) is 3. The van der Waals surface area contributed by atoms with Crippen LogP contribution < -0.4 is 0 Å². The van der Waals surface area contributed by atoms with Crippen molar-refractivity contribution in [2.75, 3.05) is 0 Å². The summed E-state index contributed by atoms with van der Waals surface area (Å²) in [4.78, 5) is 17.5. The van der Waals surface area contributed by atoms with E-state index in [0.29, 0.717) is 5.92 Å². The molecule has 4 heteroatoms. The molecule has 5 rings (SSSR count). The van der Waals surface area contributed by atoms with Gasteiger partial charge in [-0.1, -0.05) is 51.1 Å². The second-order valence-corrected chi connectivity index (χ2v) is 9.58. The highest BCUT2D eigenvalue weighted by Crippen LogP contribution is 2.35. The van der Waals surface area contributed by atoms with Gasteiger partial charge in [0.05, 0.1) is 17.4 Å². The van der Waals surface area contributed by atoms with Crippen LogP contribution in [0.5, 0.6) is 0 Å². The maximum Gasteiger partial charge on any atom is 0.106 e. The average molecular weight is 449 g/mol. The van der Waals surface area contributed by atoms with Crippen LogP contribution in [0, 0.1) is 5.92 Å². The Labute approximate surface area is 201 Å². The van der Waals surface area contributed by atoms with Crippen LogP contribution in [0.1, 0.15) is 58.0 Å². The minimum atomic E-state index is 0.480. The molecular formula is C30H32N4. The standard InChI is InChI=1S/C30H32N4/c1-6-30-32-17-29(34-30)24-8-7-23-14-25(16-31-28(23)15-24)21-9-11-26-19(4)27(12-10-22(26)13-21)33-20(5)18(2)3/h7-9,11,13-18H,6,10,12H2,1-5H3,(H,32,34). The third-order valence-corrected chi connectivity index (χ3v) is 7.01. The summed E-state index contributed by atoms with van der Waals surface area (Å²) in [6.45, 7) is 10.9. The predicted molar refractivity (Wildman–Crippen MR) is 143 cm³/mol. The second-order valence-electron chi connectivity index (χ2n) is 9.58. The van der Waals surface area contributed by atoms with Gasteiger partial charge in [0.1, 0.15) is 5.82 Å². The molecule has 172 valence electrons. The Morgan fingerprint density at radius 2 is 1.79 bits per heavy atom. The Morgan fingerprint density at radius 1 is 0.971 bits per heavy atom. The van der Waals surface area contributed by atoms with E-state index in [2.05, 4.69) is 87.1 Å². The number of H-pyrrole nitrogens is 1. The lowest BCUT2D eigenvalue weighted by Crippen LogP contribution is -2.07. The molecule has 2 aromatic carbocycles. The van der Waals surface area contributed by atoms with Gasteiger partial charge in [0.15, 0.2) is 0 Å². The van der Waals surface area contributed by atoms with E-state index < -0.39 is 0 Å². The third-order valence-electron chi connectivity index (χ3n) is 7.01. The second kappa shape index (κ2) is 9.02. The number of hydrogen-bond donors (Lipinski definition) is 1. The van der Waals surface area contributed by atoms with Crippen molar-refractivity contribution >= 4 is 22.2 Å². The van der Waals surface area contributed by atoms with E-state index in [1.165, 1.54) is 33.7 Å². The number of benzene rings is 2. The number of aromatic nitrogens is 3. The molecule has 4 aromatic rings. The minimum absolute atomic E-state index is 0.480. The van der Waals surface area contributed by atoms with Gasteiger partial charge in [-0.3, -0.25) is 9.98 Å². The molecule has 1 aliphatic rings. The van der Waals surface area contributed by atoms with Crippen molar-refractivity contribution in [3.63, 3.8) is 0 Å². The highest BCUT2D eigenvalue weighted by molar-refractivity contribution is 5.88. The van der Waals surface area contributed by atoms with Gasteiger partial charge >= 0.3 is 0 Å². The molecule has 0 atom stereocenters. The van der Waals surface area contributed by atoms with E-state index in [1.807, 2.05) is 12.4 Å². The van der Waals surface area contributed by atoms with Crippen molar-refractivity contribution in [3.05, 3.63) is 77.5 Å². The van der Waals surface area contributed by atoms with Crippen molar-refractivity contribution in [1.82, 2.24) is 15.0 Å². The largest absolute Gasteiger partial charge is 0.342 e. The Bertz CT molecular complexity index is 1440. The molecule has 0 unspecified atom stereocenters. The van der Waals surface area contributed by atoms with Crippen LogP contribution >= 0.6 is 0 Å². The summed E-state index contributed by atoms with van der Waals surface area (Å²) in [6, 6.07) is 15.5. The van der Waals surface area contributed by atoms with Crippen molar-refractivity contribution in [2.24, 2.45) is 10.9 Å². The van der Waals surface area contributed by atoms with E-state index in [1.54, 1.807) is 0 Å². The molecule has 0 bridgehead atoms. The summed E-state index contributed by atoms with van der Waals surface area (Å²) in [6.07, 6.45) is 6.82. The first-order valence-electron chi connectivity index (χ1n) is 12.3. The molecule has 0 saturated carbocycles. The monoisotopic (exact) mass is 448 g/mol. The number of hydrogen-bond acceptors (Lipinski definition) is 3. The van der Waals surface area contributed by atoms with E-state index in [9.17, 15) is 0 Å². The average Bonchev–Trinajstić information content (AvgIpc) is 3.34. The molecule has 1 N–H and O–H groups in total. The number of nitrogens with one attached hydrogen (secondary N) is 1. The van der Waals surface area contributed by atoms with Gasteiger partial charge in [-0.15, -0.1) is 0 Å². The molecule has 0 aliphatic heterocycles. The molecule has 2 aromatic heterocycles. The lowest BCUT2D eigenvalue weighted by molar-refractivity contribution is 0.854. The maximum absolute atomic E-state index is 4.95. The third kappa shape index (κ3) is 4.21. The first-order valence-corrected chi connectivity index (χ1v) is 12.3. The van der Waals surface area contributed by atoms with Gasteiger partial charge in [-0.2, -0.15) is 0 Å². The van der Waals surface area contributed by atoms with E-state index >= 15 is 0 Å². The van der Waals surface area contributed by atoms with Gasteiger partial charge in [0, 0.05) is 40.5 Å². The summed E-state index contributed by atoms with van der Waals surface area (Å²) in [5.74, 6) is 1.48. The molecule has 0 fully saturated rings. The number of fused-ring (bicyclic) bond motifs is 2. The SMILES string of the molecule is CCc1ncc(-c2ccc3cc(-c4ccc5c(c4)CCC(N=C(C)C(C)C)=C5C)cnc3c2)[nH]1. The Hall–Kier alpha value is -3.53. The van der Waals surface area contributed by atoms with Gasteiger partial charge in [0.2, 0.25) is 0 Å². The first kappa shape index (κ1) is 22.3. The first-order chi connectivity index (χ1) is 16.4. The Balaban J connectivity index is 1.46. The fraction of sp³-hybridized carbons (Fsp3) is 0.300. The fourth-order valence-electron chi connectivity index (χ4n) is 4.56. The van der Waals surface area contributed by atoms with Crippen molar-refractivity contribution in [2.45, 2.75) is 53.9 Å². The number of rotatable bonds is 5. The Morgan fingerprint density at radius 3 is 2.56 bits per heavy atom. The van der Waals surface area contributed by atoms with Crippen LogP contribution in [0.3, 0.4) is 0 Å². The summed E-state index contributed by atoms with van der Waals surface area (Å²) < 4.78 is 0. The van der Waals surface area contributed by atoms with Gasteiger partial charge in [-0.25, -0.2) is 4.98 Å². The van der Waals surface area contributed by atoms with Crippen LogP contribution in [0.4, 0.5) is 0 Å². The van der Waals surface area contributed by atoms with Gasteiger partial charge in [0.25, 0.3) is 0 Å². The zero-order valence-corrected chi connectivity index (χ0v) is 20.7. The van der Waals surface area contributed by atoms with Crippen LogP contribution in [0.25, 0.3) is 38.9 Å². The molecule has 2 heterocycles. The molecule has 1 aliphatic carbocycles. The van der Waals surface area contributed by atoms with Crippen LogP contribution in [-0.2, 0) is 12.8 Å². The van der Waals surface area contributed by atoms with Gasteiger partial charge in [-0.05, 0) is 67.0 Å². The number of imidazole rings is 1. The fourth-order valence-corrected chi connectivity index (χ4v) is 4.56. The zero-order valence-electron chi connectivity index (χ0n) is 20.7. The Kier molecular flexibility index (Phi) is 5.91. The highest BCUT2D eigenvalue weighted by Gasteiger charge is 2.17. The lowest BCUT2D eigenvalue weighted by atomic mass is 9.87. The number of allylic oxidation sites excluding steroid dienone is 2. The van der Waals surface area contributed by atoms with E-state index in [0.717, 1.165) is 52.8 Å². The molecule has 0 amide bonds. The smallest absolute Gasteiger partial charge is 0.106 e. The molecule has 34 heavy (non-hydrogen) atoms. The molecular weight excluding hydrogens is 416 g/mol. The summed E-state index contributed by atoms with van der Waals surface area (Å²) in [5.41, 5.74) is 12.0. The van der Waals surface area contributed by atoms with Crippen LogP contribution in [-0.4, -0.2) is 20.7 Å². The van der Waals surface area contributed by atoms with Crippen molar-refractivity contribution in [3.8, 4) is 22.4 Å². The molecule has 0 spiro atoms. The number of aromatic amines is 1. The van der Waals surface area contributed by atoms with Crippen molar-refractivity contribution in [1.29, 1.82) is 0 Å². The zero-order chi connectivity index (χ0) is 23.8. The lowest BCUT2D eigenvalue weighted by Gasteiger charge is -2.21. The van der Waals surface area contributed by atoms with Crippen LogP contribution in [0.15, 0.2) is 65.5 Å². The minimum Gasteiger partial charge on any atom is -0.342 e. The van der Waals surface area contributed by atoms with Crippen molar-refractivity contribution < 1.29 is 0 Å². The summed E-state index contributed by atoms with van der Waals surface area (Å²) in [7, 11) is 0. The van der Waals surface area contributed by atoms with E-state index in [-0.39, 0.29) is 0 Å². The molecule has 0 radical (unpaired) electrons. The molecule has 4 nitrogen and oxygen atoms in total. The van der Waals surface area contributed by atoms with Crippen LogP contribution in [0.2, 0.25) is 0 Å². The number of aryl methyl sites for hydroxylation is 2. The number of aliphatic imine (C=N–C) groups is 1. The van der Waals surface area contributed by atoms with E-state index in [4.69, 9.17) is 9.98 Å². The predicted octanol–water partition coefficient (Wildman–Crippen LogP) is 7.65. The normalized spacial score (nSPS) is 14.2. The number of pyridine rings is 1. The highest BCUT2D eigenvalue weighted by atomic mass is 14.9.